The molecule has 1 saturated heterocycles. The highest BCUT2D eigenvalue weighted by molar-refractivity contribution is 7.89. The minimum atomic E-state index is -3.85. The van der Waals surface area contributed by atoms with Crippen molar-refractivity contribution in [1.82, 2.24) is 4.90 Å². The smallest absolute Gasteiger partial charge is 0.257 e. The number of para-hydroxylation sites is 1. The molecule has 1 atom stereocenters. The van der Waals surface area contributed by atoms with Gasteiger partial charge in [0.25, 0.3) is 11.8 Å². The number of sulfonamides is 1. The lowest BCUT2D eigenvalue weighted by molar-refractivity contribution is -0.122. The third-order valence-electron chi connectivity index (χ3n) is 5.76. The third kappa shape index (κ3) is 5.28. The summed E-state index contributed by atoms with van der Waals surface area (Å²) in [5.41, 5.74) is 1.29. The number of anilines is 1. The fourth-order valence-corrected chi connectivity index (χ4v) is 4.48. The van der Waals surface area contributed by atoms with Crippen molar-refractivity contribution in [3.63, 3.8) is 0 Å². The molecule has 0 bridgehead atoms. The van der Waals surface area contributed by atoms with E-state index in [0.717, 1.165) is 17.0 Å². The van der Waals surface area contributed by atoms with E-state index in [1.54, 1.807) is 42.5 Å². The number of hydrogen-bond acceptors (Lipinski definition) is 5. The van der Waals surface area contributed by atoms with Crippen molar-refractivity contribution in [2.75, 3.05) is 11.4 Å². The van der Waals surface area contributed by atoms with Crippen LogP contribution in [-0.4, -0.2) is 43.6 Å². The highest BCUT2D eigenvalue weighted by Crippen LogP contribution is 2.27. The Balaban J connectivity index is 1.61. The van der Waals surface area contributed by atoms with E-state index >= 15 is 0 Å². The largest absolute Gasteiger partial charge is 0.326 e. The molecule has 4 rings (SSSR count). The summed E-state index contributed by atoms with van der Waals surface area (Å²) in [6.45, 7) is 0.0667. The molecular formula is C25H22FN3O5S. The number of imide groups is 1. The molecule has 8 nitrogen and oxygen atoms in total. The number of nitrogens with zero attached hydrogens (tertiary/aromatic N) is 2. The Bertz CT molecular complexity index is 1360. The van der Waals surface area contributed by atoms with Gasteiger partial charge in [0.2, 0.25) is 15.9 Å². The van der Waals surface area contributed by atoms with Crippen LogP contribution in [0.25, 0.3) is 0 Å². The monoisotopic (exact) mass is 495 g/mol. The van der Waals surface area contributed by atoms with Crippen LogP contribution in [0.2, 0.25) is 0 Å². The second kappa shape index (κ2) is 9.77. The van der Waals surface area contributed by atoms with Gasteiger partial charge in [-0.15, -0.1) is 0 Å². The molecule has 2 N–H and O–H groups in total. The number of nitrogens with two attached hydrogens (primary N) is 1. The topological polar surface area (TPSA) is 118 Å². The molecular weight excluding hydrogens is 473 g/mol. The number of primary sulfonamides is 1. The molecule has 180 valence electrons. The Kier molecular flexibility index (Phi) is 6.77. The Morgan fingerprint density at radius 3 is 2.20 bits per heavy atom. The molecule has 3 amide bonds. The predicted molar refractivity (Wildman–Crippen MR) is 126 cm³/mol. The molecule has 1 aliphatic rings. The summed E-state index contributed by atoms with van der Waals surface area (Å²) in [6, 6.07) is 18.2. The van der Waals surface area contributed by atoms with Gasteiger partial charge >= 0.3 is 0 Å². The lowest BCUT2D eigenvalue weighted by atomic mass is 10.1. The zero-order chi connectivity index (χ0) is 25.2. The normalized spacial score (nSPS) is 15.9. The molecule has 1 heterocycles. The Hall–Kier alpha value is -3.89. The van der Waals surface area contributed by atoms with Crippen molar-refractivity contribution in [2.45, 2.75) is 23.8 Å². The van der Waals surface area contributed by atoms with Crippen LogP contribution in [0.1, 0.15) is 22.3 Å². The van der Waals surface area contributed by atoms with Crippen LogP contribution in [0.4, 0.5) is 10.1 Å². The van der Waals surface area contributed by atoms with Crippen LogP contribution >= 0.6 is 0 Å². The van der Waals surface area contributed by atoms with Crippen LogP contribution < -0.4 is 10.0 Å². The van der Waals surface area contributed by atoms with Crippen LogP contribution in [0, 0.1) is 5.82 Å². The van der Waals surface area contributed by atoms with Crippen molar-refractivity contribution < 1.29 is 27.2 Å². The van der Waals surface area contributed by atoms with Gasteiger partial charge in [0.05, 0.1) is 17.0 Å². The molecule has 0 saturated carbocycles. The van der Waals surface area contributed by atoms with Crippen LogP contribution in [0.5, 0.6) is 0 Å². The van der Waals surface area contributed by atoms with Crippen molar-refractivity contribution in [2.24, 2.45) is 5.14 Å². The maximum atomic E-state index is 13.4. The van der Waals surface area contributed by atoms with E-state index < -0.39 is 39.6 Å². The standard InChI is InChI=1S/C25H22FN3O5S/c26-19-10-8-18(9-11-19)24(31)28(15-14-17-6-12-21(13-7-17)35(27,33)34)22-16-23(30)29(25(22)32)20-4-2-1-3-5-20/h1-13,22H,14-16H2,(H2,27,33,34). The number of rotatable bonds is 7. The average molecular weight is 496 g/mol. The summed E-state index contributed by atoms with van der Waals surface area (Å²) in [6.07, 6.45) is 0.0894. The van der Waals surface area contributed by atoms with E-state index in [0.29, 0.717) is 11.3 Å². The van der Waals surface area contributed by atoms with E-state index in [1.807, 2.05) is 0 Å². The third-order valence-corrected chi connectivity index (χ3v) is 6.69. The number of amides is 3. The van der Waals surface area contributed by atoms with E-state index in [2.05, 4.69) is 0 Å². The van der Waals surface area contributed by atoms with Gasteiger partial charge in [-0.25, -0.2) is 22.8 Å². The summed E-state index contributed by atoms with van der Waals surface area (Å²) in [5, 5.41) is 5.13. The highest BCUT2D eigenvalue weighted by atomic mass is 32.2. The summed E-state index contributed by atoms with van der Waals surface area (Å²) in [5.74, 6) is -1.99. The second-order valence-electron chi connectivity index (χ2n) is 8.07. The molecule has 3 aromatic carbocycles. The first-order valence-corrected chi connectivity index (χ1v) is 12.3. The predicted octanol–water partition coefficient (Wildman–Crippen LogP) is 2.49. The fraction of sp³-hybridized carbons (Fsp3) is 0.160. The Labute approximate surface area is 201 Å². The fourth-order valence-electron chi connectivity index (χ4n) is 3.96. The summed E-state index contributed by atoms with van der Waals surface area (Å²) < 4.78 is 36.4. The van der Waals surface area contributed by atoms with Crippen LogP contribution in [0.15, 0.2) is 83.8 Å². The van der Waals surface area contributed by atoms with E-state index in [1.165, 1.54) is 29.2 Å². The average Bonchev–Trinajstić information content (AvgIpc) is 3.13. The first kappa shape index (κ1) is 24.2. The van der Waals surface area contributed by atoms with Gasteiger partial charge in [-0.1, -0.05) is 30.3 Å². The molecule has 0 aromatic heterocycles. The lowest BCUT2D eigenvalue weighted by Gasteiger charge is -2.28. The summed E-state index contributed by atoms with van der Waals surface area (Å²) >= 11 is 0. The lowest BCUT2D eigenvalue weighted by Crippen LogP contribution is -2.46. The van der Waals surface area contributed by atoms with Crippen molar-refractivity contribution >= 4 is 33.4 Å². The Morgan fingerprint density at radius 2 is 1.60 bits per heavy atom. The van der Waals surface area contributed by atoms with E-state index in [4.69, 9.17) is 5.14 Å². The zero-order valence-corrected chi connectivity index (χ0v) is 19.3. The Morgan fingerprint density at radius 1 is 0.971 bits per heavy atom. The quantitative estimate of drug-likeness (QED) is 0.506. The van der Waals surface area contributed by atoms with Crippen molar-refractivity contribution in [3.8, 4) is 0 Å². The zero-order valence-electron chi connectivity index (χ0n) is 18.5. The molecule has 0 radical (unpaired) electrons. The SMILES string of the molecule is NS(=O)(=O)c1ccc(CCN(C(=O)c2ccc(F)cc2)C2CC(=O)N(c3ccccc3)C2=O)cc1. The number of carbonyl (C=O) groups is 3. The molecule has 3 aromatic rings. The number of benzene rings is 3. The minimum absolute atomic E-state index is 0.0458. The molecule has 1 fully saturated rings. The van der Waals surface area contributed by atoms with Gasteiger partial charge in [-0.3, -0.25) is 14.4 Å². The first-order valence-electron chi connectivity index (χ1n) is 10.8. The molecule has 0 spiro atoms. The van der Waals surface area contributed by atoms with E-state index in [9.17, 15) is 27.2 Å². The molecule has 10 heteroatoms. The number of hydrogen-bond donors (Lipinski definition) is 1. The second-order valence-corrected chi connectivity index (χ2v) is 9.63. The molecule has 35 heavy (non-hydrogen) atoms. The van der Waals surface area contributed by atoms with Gasteiger partial charge in [0.1, 0.15) is 11.9 Å². The number of carbonyl (C=O) groups excluding carboxylic acids is 3. The summed E-state index contributed by atoms with van der Waals surface area (Å²) in [4.78, 5) is 41.7. The van der Waals surface area contributed by atoms with Gasteiger partial charge < -0.3 is 4.90 Å². The van der Waals surface area contributed by atoms with Gasteiger partial charge in [-0.2, -0.15) is 0 Å². The van der Waals surface area contributed by atoms with Gasteiger partial charge in [0.15, 0.2) is 0 Å². The van der Waals surface area contributed by atoms with Crippen molar-refractivity contribution in [3.05, 3.63) is 95.8 Å². The van der Waals surface area contributed by atoms with Gasteiger partial charge in [-0.05, 0) is 60.5 Å². The van der Waals surface area contributed by atoms with Crippen molar-refractivity contribution in [1.29, 1.82) is 0 Å². The molecule has 1 unspecified atom stereocenters. The van der Waals surface area contributed by atoms with E-state index in [-0.39, 0.29) is 29.8 Å². The summed E-state index contributed by atoms with van der Waals surface area (Å²) in [7, 11) is -3.85. The maximum Gasteiger partial charge on any atom is 0.257 e. The first-order chi connectivity index (χ1) is 16.6. The minimum Gasteiger partial charge on any atom is -0.326 e. The van der Waals surface area contributed by atoms with Crippen LogP contribution in [0.3, 0.4) is 0 Å². The molecule has 1 aliphatic heterocycles. The number of halogens is 1. The molecule has 0 aliphatic carbocycles. The maximum absolute atomic E-state index is 13.4. The van der Waals surface area contributed by atoms with Gasteiger partial charge in [0, 0.05) is 12.1 Å². The van der Waals surface area contributed by atoms with Crippen LogP contribution in [-0.2, 0) is 26.0 Å². The highest BCUT2D eigenvalue weighted by Gasteiger charge is 2.44.